The SMILES string of the molecule is CCOP(=O)(C/C=C(/NC(=O)[C@H](Cc1c[nH]c2ccccc12)NC(=O)OCc1ccccc1)c1ccccc1)OCC. The van der Waals surface area contributed by atoms with Crippen molar-refractivity contribution in [2.75, 3.05) is 19.4 Å². The van der Waals surface area contributed by atoms with Crippen LogP contribution in [0, 0.1) is 0 Å². The van der Waals surface area contributed by atoms with Crippen molar-refractivity contribution in [3.63, 3.8) is 0 Å². The molecule has 0 spiro atoms. The quantitative estimate of drug-likeness (QED) is 0.146. The van der Waals surface area contributed by atoms with Gasteiger partial charge in [0.25, 0.3) is 0 Å². The van der Waals surface area contributed by atoms with Crippen molar-refractivity contribution in [3.8, 4) is 0 Å². The maximum absolute atomic E-state index is 13.8. The third-order valence-corrected chi connectivity index (χ3v) is 8.37. The van der Waals surface area contributed by atoms with Gasteiger partial charge in [-0.1, -0.05) is 78.9 Å². The van der Waals surface area contributed by atoms with Crippen LogP contribution in [0.2, 0.25) is 0 Å². The van der Waals surface area contributed by atoms with Gasteiger partial charge in [-0.15, -0.1) is 0 Å². The average molecular weight is 590 g/mol. The molecule has 4 aromatic rings. The molecule has 0 aliphatic heterocycles. The summed E-state index contributed by atoms with van der Waals surface area (Å²) in [5.74, 6) is -0.463. The van der Waals surface area contributed by atoms with E-state index in [1.807, 2.05) is 91.1 Å². The summed E-state index contributed by atoms with van der Waals surface area (Å²) in [5.41, 5.74) is 3.72. The number of amides is 2. The van der Waals surface area contributed by atoms with Crippen molar-refractivity contribution in [1.82, 2.24) is 15.6 Å². The van der Waals surface area contributed by atoms with Gasteiger partial charge in [-0.3, -0.25) is 9.36 Å². The zero-order valence-corrected chi connectivity index (χ0v) is 24.6. The second-order valence-corrected chi connectivity index (χ2v) is 11.5. The van der Waals surface area contributed by atoms with Crippen LogP contribution in [0.5, 0.6) is 0 Å². The van der Waals surface area contributed by atoms with E-state index in [0.717, 1.165) is 22.0 Å². The fourth-order valence-corrected chi connectivity index (χ4v) is 5.93. The number of rotatable bonds is 14. The van der Waals surface area contributed by atoms with Gasteiger partial charge in [-0.05, 0) is 42.7 Å². The van der Waals surface area contributed by atoms with Crippen LogP contribution in [0.4, 0.5) is 4.79 Å². The maximum atomic E-state index is 13.8. The minimum Gasteiger partial charge on any atom is -0.445 e. The zero-order chi connectivity index (χ0) is 29.8. The average Bonchev–Trinajstić information content (AvgIpc) is 3.41. The molecule has 0 radical (unpaired) electrons. The number of hydrogen-bond donors (Lipinski definition) is 3. The molecule has 0 aliphatic rings. The Bertz CT molecular complexity index is 1530. The van der Waals surface area contributed by atoms with Crippen molar-refractivity contribution < 1.29 is 27.9 Å². The first-order valence-corrected chi connectivity index (χ1v) is 15.6. The number of carbonyl (C=O) groups excluding carboxylic acids is 2. The van der Waals surface area contributed by atoms with Gasteiger partial charge in [0.15, 0.2) is 0 Å². The van der Waals surface area contributed by atoms with E-state index < -0.39 is 25.6 Å². The summed E-state index contributed by atoms with van der Waals surface area (Å²) in [4.78, 5) is 29.9. The van der Waals surface area contributed by atoms with Gasteiger partial charge in [-0.2, -0.15) is 0 Å². The molecule has 3 aromatic carbocycles. The summed E-state index contributed by atoms with van der Waals surface area (Å²) in [5, 5.41) is 6.63. The van der Waals surface area contributed by atoms with Crippen LogP contribution in [0.15, 0.2) is 97.2 Å². The fraction of sp³-hybridized carbons (Fsp3) is 0.250. The predicted octanol–water partition coefficient (Wildman–Crippen LogP) is 6.43. The monoisotopic (exact) mass is 589 g/mol. The molecule has 0 unspecified atom stereocenters. The third kappa shape index (κ3) is 8.66. The highest BCUT2D eigenvalue weighted by Gasteiger charge is 2.26. The summed E-state index contributed by atoms with van der Waals surface area (Å²) in [7, 11) is -3.42. The number of fused-ring (bicyclic) bond motifs is 1. The van der Waals surface area contributed by atoms with Crippen molar-refractivity contribution in [1.29, 1.82) is 0 Å². The van der Waals surface area contributed by atoms with Crippen LogP contribution in [0.25, 0.3) is 16.6 Å². The number of alkyl carbamates (subject to hydrolysis) is 1. The molecular formula is C32H36N3O6P. The summed E-state index contributed by atoms with van der Waals surface area (Å²) in [6, 6.07) is 25.2. The second kappa shape index (κ2) is 15.2. The molecule has 2 amide bonds. The summed E-state index contributed by atoms with van der Waals surface area (Å²) in [6.07, 6.45) is 2.90. The number of ether oxygens (including phenoxy) is 1. The summed E-state index contributed by atoms with van der Waals surface area (Å²) >= 11 is 0. The van der Waals surface area contributed by atoms with E-state index in [0.29, 0.717) is 11.3 Å². The van der Waals surface area contributed by atoms with Crippen LogP contribution in [-0.4, -0.2) is 42.4 Å². The zero-order valence-electron chi connectivity index (χ0n) is 23.7. The molecule has 10 heteroatoms. The smallest absolute Gasteiger partial charge is 0.408 e. The lowest BCUT2D eigenvalue weighted by molar-refractivity contribution is -0.121. The van der Waals surface area contributed by atoms with Crippen molar-refractivity contribution in [2.45, 2.75) is 32.9 Å². The molecule has 9 nitrogen and oxygen atoms in total. The highest BCUT2D eigenvalue weighted by molar-refractivity contribution is 7.54. The van der Waals surface area contributed by atoms with Crippen LogP contribution >= 0.6 is 7.60 Å². The normalized spacial score (nSPS) is 12.6. The highest BCUT2D eigenvalue weighted by Crippen LogP contribution is 2.48. The van der Waals surface area contributed by atoms with E-state index in [1.54, 1.807) is 19.9 Å². The predicted molar refractivity (Wildman–Crippen MR) is 164 cm³/mol. The Morgan fingerprint density at radius 2 is 1.55 bits per heavy atom. The first kappa shape index (κ1) is 30.8. The van der Waals surface area contributed by atoms with Crippen LogP contribution in [-0.2, 0) is 36.2 Å². The maximum Gasteiger partial charge on any atom is 0.408 e. The van der Waals surface area contributed by atoms with E-state index in [2.05, 4.69) is 15.6 Å². The number of carbonyl (C=O) groups is 2. The van der Waals surface area contributed by atoms with Gasteiger partial charge in [0, 0.05) is 29.2 Å². The Morgan fingerprint density at radius 1 is 0.905 bits per heavy atom. The molecule has 0 saturated carbocycles. The van der Waals surface area contributed by atoms with E-state index in [9.17, 15) is 14.2 Å². The standard InChI is InChI=1S/C32H36N3O6P/c1-3-40-42(38,41-4-2)20-19-28(25-15-9-6-10-16-25)34-31(36)30(21-26-22-33-29-18-12-11-17-27(26)29)35-32(37)39-23-24-13-7-5-8-14-24/h5-19,22,30,33H,3-4,20-21,23H2,1-2H3,(H,34,36)(H,35,37)/b28-19+/t30-/m0/s1. The van der Waals surface area contributed by atoms with Gasteiger partial charge >= 0.3 is 13.7 Å². The molecule has 0 fully saturated rings. The van der Waals surface area contributed by atoms with E-state index in [1.165, 1.54) is 0 Å². The van der Waals surface area contributed by atoms with Crippen molar-refractivity contribution in [3.05, 3.63) is 114 Å². The Balaban J connectivity index is 1.58. The number of para-hydroxylation sites is 1. The van der Waals surface area contributed by atoms with Gasteiger partial charge in [0.05, 0.1) is 19.4 Å². The fourth-order valence-electron chi connectivity index (χ4n) is 4.45. The first-order valence-electron chi connectivity index (χ1n) is 13.9. The summed E-state index contributed by atoms with van der Waals surface area (Å²) in [6.45, 7) is 3.99. The number of aromatic nitrogens is 1. The third-order valence-electron chi connectivity index (χ3n) is 6.43. The largest absolute Gasteiger partial charge is 0.445 e. The molecular weight excluding hydrogens is 553 g/mol. The molecule has 4 rings (SSSR count). The second-order valence-electron chi connectivity index (χ2n) is 9.42. The Morgan fingerprint density at radius 3 is 2.24 bits per heavy atom. The topological polar surface area (TPSA) is 119 Å². The molecule has 3 N–H and O–H groups in total. The Hall–Kier alpha value is -4.17. The minimum atomic E-state index is -3.42. The lowest BCUT2D eigenvalue weighted by Crippen LogP contribution is -2.47. The van der Waals surface area contributed by atoms with Gasteiger partial charge in [0.2, 0.25) is 5.91 Å². The lowest BCUT2D eigenvalue weighted by atomic mass is 10.0. The first-order chi connectivity index (χ1) is 20.4. The minimum absolute atomic E-state index is 0.0428. The van der Waals surface area contributed by atoms with Gasteiger partial charge < -0.3 is 29.4 Å². The number of nitrogens with one attached hydrogen (secondary N) is 3. The molecule has 0 saturated heterocycles. The van der Waals surface area contributed by atoms with E-state index in [-0.39, 0.29) is 32.4 Å². The number of H-pyrrole nitrogens is 1. The van der Waals surface area contributed by atoms with E-state index in [4.69, 9.17) is 13.8 Å². The van der Waals surface area contributed by atoms with Gasteiger partial charge in [-0.25, -0.2) is 4.79 Å². The Kier molecular flexibility index (Phi) is 11.1. The highest BCUT2D eigenvalue weighted by atomic mass is 31.2. The van der Waals surface area contributed by atoms with Crippen LogP contribution in [0.1, 0.15) is 30.5 Å². The Labute approximate surface area is 245 Å². The number of hydrogen-bond acceptors (Lipinski definition) is 6. The molecule has 0 bridgehead atoms. The molecule has 1 atom stereocenters. The van der Waals surface area contributed by atoms with Crippen molar-refractivity contribution >= 4 is 36.2 Å². The van der Waals surface area contributed by atoms with E-state index >= 15 is 0 Å². The number of aromatic amines is 1. The lowest BCUT2D eigenvalue weighted by Gasteiger charge is -2.21. The molecule has 1 heterocycles. The number of allylic oxidation sites excluding steroid dienone is 1. The van der Waals surface area contributed by atoms with Gasteiger partial charge in [0.1, 0.15) is 12.6 Å². The van der Waals surface area contributed by atoms with Crippen molar-refractivity contribution in [2.24, 2.45) is 0 Å². The van der Waals surface area contributed by atoms with Crippen LogP contribution in [0.3, 0.4) is 0 Å². The summed E-state index contributed by atoms with van der Waals surface area (Å²) < 4.78 is 29.5. The molecule has 42 heavy (non-hydrogen) atoms. The molecule has 220 valence electrons. The number of benzene rings is 3. The molecule has 0 aliphatic carbocycles. The molecule has 1 aromatic heterocycles. The van der Waals surface area contributed by atoms with Crippen LogP contribution < -0.4 is 10.6 Å².